The van der Waals surface area contributed by atoms with Gasteiger partial charge in [-0.15, -0.1) is 5.10 Å². The number of hydrogen-bond acceptors (Lipinski definition) is 3. The minimum absolute atomic E-state index is 0.548. The molecule has 0 unspecified atom stereocenters. The van der Waals surface area contributed by atoms with E-state index in [0.29, 0.717) is 16.5 Å². The zero-order valence-electron chi connectivity index (χ0n) is 7.61. The molecule has 0 fully saturated rings. The Labute approximate surface area is 86.3 Å². The van der Waals surface area contributed by atoms with E-state index in [1.54, 1.807) is 19.2 Å². The van der Waals surface area contributed by atoms with Crippen LogP contribution >= 0.6 is 11.6 Å². The third-order valence-corrected chi connectivity index (χ3v) is 2.24. The van der Waals surface area contributed by atoms with Crippen LogP contribution in [0.25, 0.3) is 11.3 Å². The van der Waals surface area contributed by atoms with Gasteiger partial charge in [0.25, 0.3) is 0 Å². The summed E-state index contributed by atoms with van der Waals surface area (Å²) in [4.78, 5) is 0. The van der Waals surface area contributed by atoms with Crippen molar-refractivity contribution in [2.24, 2.45) is 7.05 Å². The third kappa shape index (κ3) is 1.44. The first-order valence-electron chi connectivity index (χ1n) is 4.09. The van der Waals surface area contributed by atoms with Gasteiger partial charge in [-0.05, 0) is 12.1 Å². The average molecular weight is 209 g/mol. The summed E-state index contributed by atoms with van der Waals surface area (Å²) < 4.78 is 1.53. The summed E-state index contributed by atoms with van der Waals surface area (Å²) in [5.74, 6) is 0.548. The Morgan fingerprint density at radius 2 is 1.93 bits per heavy atom. The van der Waals surface area contributed by atoms with Gasteiger partial charge < -0.3 is 5.73 Å². The molecule has 1 aromatic carbocycles. The first-order chi connectivity index (χ1) is 6.68. The van der Waals surface area contributed by atoms with Crippen LogP contribution < -0.4 is 5.73 Å². The Morgan fingerprint density at radius 1 is 1.29 bits per heavy atom. The van der Waals surface area contributed by atoms with Crippen molar-refractivity contribution in [3.8, 4) is 11.3 Å². The maximum atomic E-state index is 5.78. The van der Waals surface area contributed by atoms with Gasteiger partial charge in [0.05, 0.1) is 0 Å². The van der Waals surface area contributed by atoms with E-state index >= 15 is 0 Å². The second-order valence-electron chi connectivity index (χ2n) is 2.95. The van der Waals surface area contributed by atoms with E-state index in [4.69, 9.17) is 17.3 Å². The van der Waals surface area contributed by atoms with Gasteiger partial charge >= 0.3 is 0 Å². The molecule has 0 amide bonds. The SMILES string of the molecule is Cn1nnc(-c2ccc(Cl)cc2)c1N. The van der Waals surface area contributed by atoms with Crippen molar-refractivity contribution in [1.82, 2.24) is 15.0 Å². The number of nitrogen functional groups attached to an aromatic ring is 1. The molecular weight excluding hydrogens is 200 g/mol. The van der Waals surface area contributed by atoms with Crippen LogP contribution in [-0.2, 0) is 7.05 Å². The number of halogens is 1. The number of nitrogens with zero attached hydrogens (tertiary/aromatic N) is 3. The number of hydrogen-bond donors (Lipinski definition) is 1. The molecule has 72 valence electrons. The molecule has 1 aromatic heterocycles. The van der Waals surface area contributed by atoms with Crippen LogP contribution in [0.5, 0.6) is 0 Å². The van der Waals surface area contributed by atoms with Gasteiger partial charge in [-0.1, -0.05) is 28.9 Å². The summed E-state index contributed by atoms with van der Waals surface area (Å²) in [5.41, 5.74) is 7.38. The summed E-state index contributed by atoms with van der Waals surface area (Å²) >= 11 is 5.77. The molecule has 0 saturated heterocycles. The highest BCUT2D eigenvalue weighted by molar-refractivity contribution is 6.30. The first kappa shape index (κ1) is 9.02. The maximum absolute atomic E-state index is 5.78. The van der Waals surface area contributed by atoms with E-state index in [1.165, 1.54) is 4.68 Å². The predicted octanol–water partition coefficient (Wildman–Crippen LogP) is 1.72. The molecule has 4 nitrogen and oxygen atoms in total. The minimum Gasteiger partial charge on any atom is -0.382 e. The van der Waals surface area contributed by atoms with Gasteiger partial charge in [-0.3, -0.25) is 0 Å². The zero-order chi connectivity index (χ0) is 10.1. The van der Waals surface area contributed by atoms with Crippen molar-refractivity contribution in [3.63, 3.8) is 0 Å². The molecule has 0 radical (unpaired) electrons. The molecule has 0 aliphatic carbocycles. The summed E-state index contributed by atoms with van der Waals surface area (Å²) in [6.45, 7) is 0. The lowest BCUT2D eigenvalue weighted by molar-refractivity contribution is 0.723. The van der Waals surface area contributed by atoms with Crippen LogP contribution in [0.1, 0.15) is 0 Å². The Bertz CT molecular complexity index is 446. The first-order valence-corrected chi connectivity index (χ1v) is 4.47. The van der Waals surface area contributed by atoms with Crippen molar-refractivity contribution in [3.05, 3.63) is 29.3 Å². The largest absolute Gasteiger partial charge is 0.382 e. The normalized spacial score (nSPS) is 10.4. The molecule has 1 heterocycles. The van der Waals surface area contributed by atoms with Crippen molar-refractivity contribution in [2.45, 2.75) is 0 Å². The van der Waals surface area contributed by atoms with Crippen molar-refractivity contribution >= 4 is 17.4 Å². The second-order valence-corrected chi connectivity index (χ2v) is 3.39. The minimum atomic E-state index is 0.548. The molecule has 0 saturated carbocycles. The lowest BCUT2D eigenvalue weighted by Gasteiger charge is -1.98. The fourth-order valence-electron chi connectivity index (χ4n) is 1.18. The van der Waals surface area contributed by atoms with Gasteiger partial charge in [0.2, 0.25) is 0 Å². The molecule has 14 heavy (non-hydrogen) atoms. The topological polar surface area (TPSA) is 56.7 Å². The number of anilines is 1. The smallest absolute Gasteiger partial charge is 0.150 e. The Hall–Kier alpha value is -1.55. The standard InChI is InChI=1S/C9H9ClN4/c1-14-9(11)8(12-13-14)6-2-4-7(10)5-3-6/h2-5H,11H2,1H3. The molecule has 0 aliphatic rings. The van der Waals surface area contributed by atoms with Crippen LogP contribution in [0.3, 0.4) is 0 Å². The predicted molar refractivity (Wildman–Crippen MR) is 55.9 cm³/mol. The second kappa shape index (κ2) is 3.31. The molecule has 2 aromatic rings. The monoisotopic (exact) mass is 208 g/mol. The van der Waals surface area contributed by atoms with Gasteiger partial charge in [0, 0.05) is 17.6 Å². The van der Waals surface area contributed by atoms with Crippen molar-refractivity contribution < 1.29 is 0 Å². The van der Waals surface area contributed by atoms with Crippen LogP contribution in [-0.4, -0.2) is 15.0 Å². The van der Waals surface area contributed by atoms with E-state index in [0.717, 1.165) is 5.56 Å². The molecule has 0 atom stereocenters. The highest BCUT2D eigenvalue weighted by atomic mass is 35.5. The van der Waals surface area contributed by atoms with Crippen LogP contribution in [0, 0.1) is 0 Å². The Morgan fingerprint density at radius 3 is 2.43 bits per heavy atom. The van der Waals surface area contributed by atoms with E-state index in [1.807, 2.05) is 12.1 Å². The van der Waals surface area contributed by atoms with E-state index in [-0.39, 0.29) is 0 Å². The Kier molecular flexibility index (Phi) is 2.13. The molecule has 2 rings (SSSR count). The van der Waals surface area contributed by atoms with Crippen LogP contribution in [0.4, 0.5) is 5.82 Å². The number of aromatic nitrogens is 3. The van der Waals surface area contributed by atoms with E-state index in [9.17, 15) is 0 Å². The molecule has 0 bridgehead atoms. The lowest BCUT2D eigenvalue weighted by atomic mass is 10.1. The zero-order valence-corrected chi connectivity index (χ0v) is 8.36. The summed E-state index contributed by atoms with van der Waals surface area (Å²) in [6.07, 6.45) is 0. The number of rotatable bonds is 1. The van der Waals surface area contributed by atoms with E-state index < -0.39 is 0 Å². The molecule has 0 spiro atoms. The average Bonchev–Trinajstić information content (AvgIpc) is 2.50. The lowest BCUT2D eigenvalue weighted by Crippen LogP contribution is -1.97. The maximum Gasteiger partial charge on any atom is 0.150 e. The van der Waals surface area contributed by atoms with Crippen LogP contribution in [0.15, 0.2) is 24.3 Å². The fraction of sp³-hybridized carbons (Fsp3) is 0.111. The van der Waals surface area contributed by atoms with Crippen LogP contribution in [0.2, 0.25) is 5.02 Å². The molecule has 5 heteroatoms. The fourth-order valence-corrected chi connectivity index (χ4v) is 1.30. The Balaban J connectivity index is 2.49. The number of aryl methyl sites for hydroxylation is 1. The third-order valence-electron chi connectivity index (χ3n) is 1.99. The number of nitrogens with two attached hydrogens (primary N) is 1. The van der Waals surface area contributed by atoms with Gasteiger partial charge in [-0.25, -0.2) is 4.68 Å². The van der Waals surface area contributed by atoms with Gasteiger partial charge in [0.15, 0.2) is 0 Å². The summed E-state index contributed by atoms with van der Waals surface area (Å²) in [7, 11) is 1.75. The molecule has 0 aliphatic heterocycles. The van der Waals surface area contributed by atoms with Crippen molar-refractivity contribution in [1.29, 1.82) is 0 Å². The highest BCUT2D eigenvalue weighted by Gasteiger charge is 2.08. The van der Waals surface area contributed by atoms with Crippen molar-refractivity contribution in [2.75, 3.05) is 5.73 Å². The molecule has 2 N–H and O–H groups in total. The summed E-state index contributed by atoms with van der Waals surface area (Å²) in [6, 6.07) is 7.32. The summed E-state index contributed by atoms with van der Waals surface area (Å²) in [5, 5.41) is 8.47. The number of benzene rings is 1. The van der Waals surface area contributed by atoms with Gasteiger partial charge in [-0.2, -0.15) is 0 Å². The van der Waals surface area contributed by atoms with Gasteiger partial charge in [0.1, 0.15) is 11.5 Å². The molecular formula is C9H9ClN4. The quantitative estimate of drug-likeness (QED) is 0.777. The highest BCUT2D eigenvalue weighted by Crippen LogP contribution is 2.23. The van der Waals surface area contributed by atoms with E-state index in [2.05, 4.69) is 10.3 Å².